The molecule has 0 fully saturated rings. The predicted molar refractivity (Wildman–Crippen MR) is 114 cm³/mol. The van der Waals surface area contributed by atoms with Gasteiger partial charge in [0.1, 0.15) is 17.4 Å². The minimum Gasteiger partial charge on any atom is -0.489 e. The summed E-state index contributed by atoms with van der Waals surface area (Å²) in [4.78, 5) is 21.0. The van der Waals surface area contributed by atoms with Crippen LogP contribution in [0.1, 0.15) is 20.9 Å². The molecule has 144 valence electrons. The molecule has 0 atom stereocenters. The van der Waals surface area contributed by atoms with Crippen LogP contribution < -0.4 is 10.1 Å². The van der Waals surface area contributed by atoms with Crippen molar-refractivity contribution in [1.82, 2.24) is 15.3 Å². The highest BCUT2D eigenvalue weighted by Gasteiger charge is 2.08. The van der Waals surface area contributed by atoms with Gasteiger partial charge < -0.3 is 10.1 Å². The lowest BCUT2D eigenvalue weighted by Crippen LogP contribution is -2.22. The molecule has 0 aliphatic rings. The van der Waals surface area contributed by atoms with Gasteiger partial charge in [-0.2, -0.15) is 0 Å². The van der Waals surface area contributed by atoms with Crippen LogP contribution in [-0.4, -0.2) is 15.9 Å². The Kier molecular flexibility index (Phi) is 5.92. The molecule has 2 heterocycles. The first-order valence-corrected chi connectivity index (χ1v) is 10.1. The average Bonchev–Trinajstić information content (AvgIpc) is 3.27. The fraction of sp³-hybridized carbons (Fsp3) is 0.0870. The van der Waals surface area contributed by atoms with Gasteiger partial charge in [-0.1, -0.05) is 30.3 Å². The number of amides is 1. The summed E-state index contributed by atoms with van der Waals surface area (Å²) in [5.41, 5.74) is 3.53. The molecule has 2 aromatic heterocycles. The molecular formula is C23H19N3O2S. The third kappa shape index (κ3) is 5.06. The van der Waals surface area contributed by atoms with Gasteiger partial charge in [-0.3, -0.25) is 9.78 Å². The van der Waals surface area contributed by atoms with Gasteiger partial charge in [0.05, 0.1) is 12.2 Å². The minimum atomic E-state index is -0.124. The number of benzene rings is 2. The first kappa shape index (κ1) is 18.8. The van der Waals surface area contributed by atoms with E-state index in [9.17, 15) is 4.79 Å². The van der Waals surface area contributed by atoms with Gasteiger partial charge >= 0.3 is 0 Å². The Hall–Kier alpha value is -3.51. The smallest absolute Gasteiger partial charge is 0.251 e. The van der Waals surface area contributed by atoms with Gasteiger partial charge in [0.15, 0.2) is 0 Å². The highest BCUT2D eigenvalue weighted by Crippen LogP contribution is 2.21. The van der Waals surface area contributed by atoms with E-state index in [0.717, 1.165) is 27.6 Å². The lowest BCUT2D eigenvalue weighted by atomic mass is 10.1. The molecule has 4 rings (SSSR count). The zero-order valence-electron chi connectivity index (χ0n) is 15.6. The topological polar surface area (TPSA) is 64.1 Å². The third-order valence-corrected chi connectivity index (χ3v) is 5.14. The van der Waals surface area contributed by atoms with Crippen LogP contribution in [0.2, 0.25) is 0 Å². The lowest BCUT2D eigenvalue weighted by Gasteiger charge is -2.07. The van der Waals surface area contributed by atoms with E-state index in [1.165, 1.54) is 11.3 Å². The molecule has 0 aliphatic carbocycles. The Morgan fingerprint density at radius 3 is 2.48 bits per heavy atom. The van der Waals surface area contributed by atoms with Crippen molar-refractivity contribution in [3.05, 3.63) is 101 Å². The standard InChI is InChI=1S/C23H19N3O2S/c27-23(25-14-22-26-21(16-29-22)18-10-12-24-13-11-18)19-8-6-17(7-9-19)15-28-20-4-2-1-3-5-20/h1-13,16H,14-15H2,(H,25,27). The predicted octanol–water partition coefficient (Wildman–Crippen LogP) is 4.71. The van der Waals surface area contributed by atoms with Crippen LogP contribution in [0.4, 0.5) is 0 Å². The summed E-state index contributed by atoms with van der Waals surface area (Å²) in [5.74, 6) is 0.699. The highest BCUT2D eigenvalue weighted by atomic mass is 32.1. The second-order valence-electron chi connectivity index (χ2n) is 6.34. The minimum absolute atomic E-state index is 0.124. The summed E-state index contributed by atoms with van der Waals surface area (Å²) in [6.07, 6.45) is 3.48. The van der Waals surface area contributed by atoms with E-state index in [1.807, 2.05) is 72.1 Å². The molecule has 5 nitrogen and oxygen atoms in total. The molecule has 1 N–H and O–H groups in total. The molecule has 0 spiro atoms. The zero-order valence-corrected chi connectivity index (χ0v) is 16.4. The van der Waals surface area contributed by atoms with Gasteiger partial charge in [0, 0.05) is 28.9 Å². The number of carbonyl (C=O) groups excluding carboxylic acids is 1. The molecule has 0 aliphatic heterocycles. The second-order valence-corrected chi connectivity index (χ2v) is 7.29. The second kappa shape index (κ2) is 9.12. The number of carbonyl (C=O) groups is 1. The number of nitrogens with zero attached hydrogens (tertiary/aromatic N) is 2. The molecule has 0 radical (unpaired) electrons. The van der Waals surface area contributed by atoms with Crippen molar-refractivity contribution in [2.75, 3.05) is 0 Å². The summed E-state index contributed by atoms with van der Waals surface area (Å²) in [6.45, 7) is 0.857. The van der Waals surface area contributed by atoms with Crippen molar-refractivity contribution < 1.29 is 9.53 Å². The third-order valence-electron chi connectivity index (χ3n) is 4.29. The highest BCUT2D eigenvalue weighted by molar-refractivity contribution is 7.09. The first-order chi connectivity index (χ1) is 14.3. The number of pyridine rings is 1. The Morgan fingerprint density at radius 1 is 0.966 bits per heavy atom. The van der Waals surface area contributed by atoms with E-state index < -0.39 is 0 Å². The van der Waals surface area contributed by atoms with E-state index in [-0.39, 0.29) is 5.91 Å². The summed E-state index contributed by atoms with van der Waals surface area (Å²) >= 11 is 1.53. The van der Waals surface area contributed by atoms with Gasteiger partial charge in [0.2, 0.25) is 0 Å². The molecule has 6 heteroatoms. The average molecular weight is 401 g/mol. The van der Waals surface area contributed by atoms with Crippen molar-refractivity contribution in [3.8, 4) is 17.0 Å². The number of para-hydroxylation sites is 1. The van der Waals surface area contributed by atoms with Crippen LogP contribution in [0, 0.1) is 0 Å². The van der Waals surface area contributed by atoms with E-state index in [2.05, 4.69) is 15.3 Å². The molecule has 0 unspecified atom stereocenters. The summed E-state index contributed by atoms with van der Waals surface area (Å²) in [5, 5.41) is 5.77. The maximum atomic E-state index is 12.4. The fourth-order valence-electron chi connectivity index (χ4n) is 2.74. The van der Waals surface area contributed by atoms with Crippen LogP contribution in [0.3, 0.4) is 0 Å². The molecule has 1 amide bonds. The van der Waals surface area contributed by atoms with Crippen LogP contribution in [0.25, 0.3) is 11.3 Å². The largest absolute Gasteiger partial charge is 0.489 e. The summed E-state index contributed by atoms with van der Waals surface area (Å²) in [7, 11) is 0. The maximum absolute atomic E-state index is 12.4. The number of hydrogen-bond donors (Lipinski definition) is 1. The van der Waals surface area contributed by atoms with E-state index in [4.69, 9.17) is 4.74 Å². The number of ether oxygens (including phenoxy) is 1. The monoisotopic (exact) mass is 401 g/mol. The zero-order chi connectivity index (χ0) is 19.9. The molecule has 29 heavy (non-hydrogen) atoms. The van der Waals surface area contributed by atoms with Crippen LogP contribution >= 0.6 is 11.3 Å². The number of rotatable bonds is 7. The van der Waals surface area contributed by atoms with Crippen molar-refractivity contribution in [2.24, 2.45) is 0 Å². The van der Waals surface area contributed by atoms with Crippen molar-refractivity contribution in [1.29, 1.82) is 0 Å². The van der Waals surface area contributed by atoms with Crippen molar-refractivity contribution >= 4 is 17.2 Å². The van der Waals surface area contributed by atoms with Gasteiger partial charge in [0.25, 0.3) is 5.91 Å². The molecule has 0 saturated heterocycles. The SMILES string of the molecule is O=C(NCc1nc(-c2ccncc2)cs1)c1ccc(COc2ccccc2)cc1. The van der Waals surface area contributed by atoms with Crippen LogP contribution in [-0.2, 0) is 13.2 Å². The number of thiazole rings is 1. The van der Waals surface area contributed by atoms with E-state index in [1.54, 1.807) is 12.4 Å². The Labute approximate surface area is 173 Å². The Morgan fingerprint density at radius 2 is 1.72 bits per heavy atom. The fourth-order valence-corrected chi connectivity index (χ4v) is 3.48. The van der Waals surface area contributed by atoms with Crippen molar-refractivity contribution in [3.63, 3.8) is 0 Å². The first-order valence-electron chi connectivity index (χ1n) is 9.18. The number of aromatic nitrogens is 2. The van der Waals surface area contributed by atoms with E-state index >= 15 is 0 Å². The van der Waals surface area contributed by atoms with Crippen molar-refractivity contribution in [2.45, 2.75) is 13.2 Å². The quantitative estimate of drug-likeness (QED) is 0.487. The number of hydrogen-bond acceptors (Lipinski definition) is 5. The summed E-state index contributed by atoms with van der Waals surface area (Å²) in [6, 6.07) is 20.9. The Balaban J connectivity index is 1.30. The van der Waals surface area contributed by atoms with Crippen LogP contribution in [0.5, 0.6) is 5.75 Å². The normalized spacial score (nSPS) is 10.5. The number of nitrogens with one attached hydrogen (secondary N) is 1. The lowest BCUT2D eigenvalue weighted by molar-refractivity contribution is 0.0951. The van der Waals surface area contributed by atoms with Gasteiger partial charge in [-0.05, 0) is 42.0 Å². The molecular weight excluding hydrogens is 382 g/mol. The van der Waals surface area contributed by atoms with E-state index in [0.29, 0.717) is 18.7 Å². The van der Waals surface area contributed by atoms with Gasteiger partial charge in [-0.25, -0.2) is 4.98 Å². The maximum Gasteiger partial charge on any atom is 0.251 e. The molecule has 0 saturated carbocycles. The Bertz CT molecular complexity index is 1060. The van der Waals surface area contributed by atoms with Gasteiger partial charge in [-0.15, -0.1) is 11.3 Å². The molecule has 0 bridgehead atoms. The summed E-state index contributed by atoms with van der Waals surface area (Å²) < 4.78 is 5.73. The van der Waals surface area contributed by atoms with Crippen LogP contribution in [0.15, 0.2) is 84.5 Å². The molecule has 2 aromatic carbocycles. The molecule has 4 aromatic rings.